The normalized spacial score (nSPS) is 10.7. The van der Waals surface area contributed by atoms with Gasteiger partial charge in [0.2, 0.25) is 5.91 Å². The first-order valence-electron chi connectivity index (χ1n) is 9.17. The van der Waals surface area contributed by atoms with E-state index in [1.54, 1.807) is 10.7 Å². The summed E-state index contributed by atoms with van der Waals surface area (Å²) in [6.07, 6.45) is 1.91. The summed E-state index contributed by atoms with van der Waals surface area (Å²) < 4.78 is 6.24. The summed E-state index contributed by atoms with van der Waals surface area (Å²) in [6.45, 7) is 0.870. The monoisotopic (exact) mass is 413 g/mol. The lowest BCUT2D eigenvalue weighted by Gasteiger charge is -2.12. The first-order valence-corrected chi connectivity index (χ1v) is 9.55. The van der Waals surface area contributed by atoms with E-state index in [-0.39, 0.29) is 18.7 Å². The van der Waals surface area contributed by atoms with Crippen molar-refractivity contribution < 1.29 is 14.3 Å². The van der Waals surface area contributed by atoms with Crippen molar-refractivity contribution in [3.63, 3.8) is 0 Å². The van der Waals surface area contributed by atoms with Crippen molar-refractivity contribution in [3.8, 4) is 11.3 Å². The number of fused-ring (bicyclic) bond motifs is 1. The number of ether oxygens (including phenoxy) is 1. The average molecular weight is 414 g/mol. The second-order valence-electron chi connectivity index (χ2n) is 6.42. The maximum atomic E-state index is 11.8. The number of halogens is 1. The Morgan fingerprint density at radius 3 is 2.79 bits per heavy atom. The smallest absolute Gasteiger partial charge is 0.306 e. The molecule has 0 saturated carbocycles. The maximum absolute atomic E-state index is 11.8. The number of nitrogens with zero attached hydrogens (tertiary/aromatic N) is 3. The standard InChI is InChI=1S/C19H21BClN5O3/c1-29-18(28)7-6-17(27)23-9-8-22-16-10-15(12-4-2-3-5-14(12)21)25-19-13(20)11-24-26(16)19/h2-5,10-11,22H,6-9,20H2,1H3,(H,23,27). The van der Waals surface area contributed by atoms with Gasteiger partial charge in [-0.1, -0.05) is 29.8 Å². The summed E-state index contributed by atoms with van der Waals surface area (Å²) in [5.74, 6) is 0.129. The minimum Gasteiger partial charge on any atom is -0.469 e. The molecular formula is C19H21BClN5O3. The van der Waals surface area contributed by atoms with Crippen molar-refractivity contribution in [1.29, 1.82) is 0 Å². The van der Waals surface area contributed by atoms with Crippen molar-refractivity contribution in [2.45, 2.75) is 12.8 Å². The molecule has 0 bridgehead atoms. The highest BCUT2D eigenvalue weighted by Crippen LogP contribution is 2.28. The van der Waals surface area contributed by atoms with Gasteiger partial charge in [0, 0.05) is 42.4 Å². The van der Waals surface area contributed by atoms with Crippen molar-refractivity contribution in [2.75, 3.05) is 25.5 Å². The molecule has 150 valence electrons. The molecule has 0 fully saturated rings. The molecule has 3 aromatic rings. The molecule has 29 heavy (non-hydrogen) atoms. The van der Waals surface area contributed by atoms with E-state index in [0.717, 1.165) is 28.2 Å². The second kappa shape index (κ2) is 9.42. The van der Waals surface area contributed by atoms with Crippen LogP contribution in [0.2, 0.25) is 5.02 Å². The third kappa shape index (κ3) is 5.06. The van der Waals surface area contributed by atoms with Crippen LogP contribution in [0.1, 0.15) is 12.8 Å². The highest BCUT2D eigenvalue weighted by Gasteiger charge is 2.12. The van der Waals surface area contributed by atoms with Crippen LogP contribution in [0.4, 0.5) is 5.82 Å². The summed E-state index contributed by atoms with van der Waals surface area (Å²) >= 11 is 6.34. The Bertz CT molecular complexity index is 1040. The Balaban J connectivity index is 1.70. The second-order valence-corrected chi connectivity index (χ2v) is 6.83. The largest absolute Gasteiger partial charge is 0.469 e. The molecular weight excluding hydrogens is 393 g/mol. The lowest BCUT2D eigenvalue weighted by Crippen LogP contribution is -2.29. The van der Waals surface area contributed by atoms with Gasteiger partial charge in [0.25, 0.3) is 0 Å². The molecule has 1 amide bonds. The molecule has 0 aliphatic carbocycles. The number of benzene rings is 1. The fourth-order valence-corrected chi connectivity index (χ4v) is 3.04. The van der Waals surface area contributed by atoms with Crippen LogP contribution in [0.15, 0.2) is 36.5 Å². The van der Waals surface area contributed by atoms with Gasteiger partial charge < -0.3 is 15.4 Å². The van der Waals surface area contributed by atoms with Gasteiger partial charge in [0.1, 0.15) is 13.7 Å². The van der Waals surface area contributed by atoms with E-state index in [4.69, 9.17) is 16.6 Å². The summed E-state index contributed by atoms with van der Waals surface area (Å²) in [5, 5.41) is 11.0. The number of carbonyl (C=O) groups excluding carboxylic acids is 2. The van der Waals surface area contributed by atoms with Gasteiger partial charge in [-0.25, -0.2) is 4.98 Å². The van der Waals surface area contributed by atoms with Gasteiger partial charge in [-0.15, -0.1) is 0 Å². The van der Waals surface area contributed by atoms with Crippen LogP contribution >= 0.6 is 11.6 Å². The van der Waals surface area contributed by atoms with Gasteiger partial charge >= 0.3 is 5.97 Å². The van der Waals surface area contributed by atoms with Crippen LogP contribution in [0, 0.1) is 0 Å². The zero-order valence-electron chi connectivity index (χ0n) is 16.2. The molecule has 0 unspecified atom stereocenters. The van der Waals surface area contributed by atoms with E-state index in [1.807, 2.05) is 38.2 Å². The Hall–Kier alpha value is -3.07. The van der Waals surface area contributed by atoms with Crippen molar-refractivity contribution in [2.24, 2.45) is 0 Å². The molecule has 2 N–H and O–H groups in total. The van der Waals surface area contributed by atoms with Crippen LogP contribution in [0.25, 0.3) is 16.9 Å². The Labute approximate surface area is 174 Å². The van der Waals surface area contributed by atoms with Crippen molar-refractivity contribution >= 4 is 48.3 Å². The van der Waals surface area contributed by atoms with E-state index in [0.29, 0.717) is 18.1 Å². The van der Waals surface area contributed by atoms with Gasteiger partial charge in [-0.2, -0.15) is 9.61 Å². The minimum absolute atomic E-state index is 0.0640. The number of rotatable bonds is 8. The lowest BCUT2D eigenvalue weighted by molar-refractivity contribution is -0.142. The molecule has 2 heterocycles. The Morgan fingerprint density at radius 2 is 2.03 bits per heavy atom. The van der Waals surface area contributed by atoms with Gasteiger partial charge in [-0.3, -0.25) is 9.59 Å². The zero-order chi connectivity index (χ0) is 20.8. The predicted molar refractivity (Wildman–Crippen MR) is 114 cm³/mol. The van der Waals surface area contributed by atoms with E-state index in [2.05, 4.69) is 20.5 Å². The van der Waals surface area contributed by atoms with E-state index >= 15 is 0 Å². The number of hydrogen-bond donors (Lipinski definition) is 2. The molecule has 1 aromatic carbocycles. The summed E-state index contributed by atoms with van der Waals surface area (Å²) in [7, 11) is 3.24. The highest BCUT2D eigenvalue weighted by atomic mass is 35.5. The topological polar surface area (TPSA) is 97.6 Å². The number of aromatic nitrogens is 3. The summed E-state index contributed by atoms with van der Waals surface area (Å²) in [6, 6.07) is 9.39. The van der Waals surface area contributed by atoms with E-state index in [9.17, 15) is 9.59 Å². The minimum atomic E-state index is -0.404. The van der Waals surface area contributed by atoms with Crippen LogP contribution in [-0.4, -0.2) is 54.5 Å². The number of methoxy groups -OCH3 is 1. The quantitative estimate of drug-likeness (QED) is 0.322. The molecule has 0 radical (unpaired) electrons. The third-order valence-electron chi connectivity index (χ3n) is 4.34. The summed E-state index contributed by atoms with van der Waals surface area (Å²) in [5.41, 5.74) is 3.23. The van der Waals surface area contributed by atoms with Crippen LogP contribution in [0.3, 0.4) is 0 Å². The third-order valence-corrected chi connectivity index (χ3v) is 4.66. The number of esters is 1. The van der Waals surface area contributed by atoms with Gasteiger partial charge in [0.05, 0.1) is 19.2 Å². The Morgan fingerprint density at radius 1 is 1.24 bits per heavy atom. The van der Waals surface area contributed by atoms with E-state index < -0.39 is 5.97 Å². The molecule has 8 nitrogen and oxygen atoms in total. The maximum Gasteiger partial charge on any atom is 0.306 e. The van der Waals surface area contributed by atoms with Gasteiger partial charge in [0.15, 0.2) is 5.65 Å². The summed E-state index contributed by atoms with van der Waals surface area (Å²) in [4.78, 5) is 27.6. The number of hydrogen-bond acceptors (Lipinski definition) is 6. The van der Waals surface area contributed by atoms with Crippen molar-refractivity contribution in [1.82, 2.24) is 19.9 Å². The predicted octanol–water partition coefficient (Wildman–Crippen LogP) is 0.789. The van der Waals surface area contributed by atoms with Crippen LogP contribution in [0.5, 0.6) is 0 Å². The zero-order valence-corrected chi connectivity index (χ0v) is 17.0. The number of carbonyl (C=O) groups is 2. The average Bonchev–Trinajstić information content (AvgIpc) is 3.10. The number of anilines is 1. The molecule has 0 saturated heterocycles. The molecule has 0 spiro atoms. The van der Waals surface area contributed by atoms with Gasteiger partial charge in [-0.05, 0) is 11.5 Å². The van der Waals surface area contributed by atoms with Crippen LogP contribution in [-0.2, 0) is 14.3 Å². The molecule has 2 aromatic heterocycles. The van der Waals surface area contributed by atoms with E-state index in [1.165, 1.54) is 7.11 Å². The number of amides is 1. The first-order chi connectivity index (χ1) is 14.0. The van der Waals surface area contributed by atoms with Crippen molar-refractivity contribution in [3.05, 3.63) is 41.6 Å². The lowest BCUT2D eigenvalue weighted by atomic mass is 10.0. The number of nitrogens with one attached hydrogen (secondary N) is 2. The molecule has 3 rings (SSSR count). The fraction of sp³-hybridized carbons (Fsp3) is 0.263. The molecule has 10 heteroatoms. The molecule has 0 aliphatic heterocycles. The SMILES string of the molecule is Bc1cnn2c(NCCNC(=O)CCC(=O)OC)cc(-c3ccccc3Cl)nc12. The first kappa shape index (κ1) is 20.7. The molecule has 0 aliphatic rings. The van der Waals surface area contributed by atoms with Crippen LogP contribution < -0.4 is 16.1 Å². The highest BCUT2D eigenvalue weighted by molar-refractivity contribution is 6.36. The fourth-order valence-electron chi connectivity index (χ4n) is 2.80. The molecule has 0 atom stereocenters. The Kier molecular flexibility index (Phi) is 6.71.